The van der Waals surface area contributed by atoms with E-state index in [1.165, 1.54) is 5.69 Å². The lowest BCUT2D eigenvalue weighted by Crippen LogP contribution is -2.58. The maximum Gasteiger partial charge on any atom is 0.407 e. The Balaban J connectivity index is 1.10. The number of anilines is 1. The Morgan fingerprint density at radius 2 is 1.50 bits per heavy atom. The average molecular weight is 675 g/mol. The lowest BCUT2D eigenvalue weighted by molar-refractivity contribution is 0.0335. The summed E-state index contributed by atoms with van der Waals surface area (Å²) in [5.74, 6) is 1.56. The molecule has 3 aromatic carbocycles. The molecule has 10 heteroatoms. The molecule has 0 saturated carbocycles. The quantitative estimate of drug-likeness (QED) is 0.168. The van der Waals surface area contributed by atoms with E-state index in [2.05, 4.69) is 34.9 Å². The first-order valence-electron chi connectivity index (χ1n) is 17.6. The van der Waals surface area contributed by atoms with Gasteiger partial charge in [-0.05, 0) is 55.9 Å². The highest BCUT2D eigenvalue weighted by atomic mass is 16.5. The molecule has 0 bridgehead atoms. The van der Waals surface area contributed by atoms with Crippen molar-refractivity contribution in [3.63, 3.8) is 0 Å². The van der Waals surface area contributed by atoms with Crippen molar-refractivity contribution in [1.82, 2.24) is 24.6 Å². The van der Waals surface area contributed by atoms with Crippen LogP contribution in [-0.2, 0) is 20.3 Å². The molecule has 2 fully saturated rings. The van der Waals surface area contributed by atoms with Crippen molar-refractivity contribution in [1.29, 1.82) is 0 Å². The summed E-state index contributed by atoms with van der Waals surface area (Å²) in [4.78, 5) is 23.0. The Labute approximate surface area is 293 Å². The molecule has 1 N–H and O–H groups in total. The summed E-state index contributed by atoms with van der Waals surface area (Å²) in [6.07, 6.45) is 1.36. The molecule has 10 nitrogen and oxygen atoms in total. The van der Waals surface area contributed by atoms with Crippen LogP contribution >= 0.6 is 0 Å². The van der Waals surface area contributed by atoms with Crippen molar-refractivity contribution in [2.45, 2.75) is 52.0 Å². The molecule has 2 aromatic heterocycles. The van der Waals surface area contributed by atoms with Gasteiger partial charge >= 0.3 is 6.09 Å². The number of para-hydroxylation sites is 1. The van der Waals surface area contributed by atoms with E-state index in [9.17, 15) is 9.90 Å². The molecular formula is C40H46N6O4. The molecule has 260 valence electrons. The number of carboxylic acid groups (broad SMARTS) is 1. The number of ether oxygens (including phenoxy) is 2. The van der Waals surface area contributed by atoms with Gasteiger partial charge in [0.15, 0.2) is 0 Å². The second-order valence-electron chi connectivity index (χ2n) is 13.7. The molecule has 0 aliphatic carbocycles. The number of amides is 1. The zero-order valence-electron chi connectivity index (χ0n) is 29.1. The van der Waals surface area contributed by atoms with E-state index in [1.807, 2.05) is 91.4 Å². The summed E-state index contributed by atoms with van der Waals surface area (Å²) in [5.41, 5.74) is 6.04. The fraction of sp³-hybridized carbons (Fsp3) is 0.375. The number of benzene rings is 3. The normalized spacial score (nSPS) is 18.8. The highest BCUT2D eigenvalue weighted by Crippen LogP contribution is 2.39. The summed E-state index contributed by atoms with van der Waals surface area (Å²) in [6.45, 7) is 9.25. The molecule has 1 amide bonds. The van der Waals surface area contributed by atoms with Gasteiger partial charge < -0.3 is 24.4 Å². The van der Waals surface area contributed by atoms with Crippen molar-refractivity contribution < 1.29 is 19.4 Å². The first-order valence-corrected chi connectivity index (χ1v) is 17.6. The maximum absolute atomic E-state index is 11.6. The monoisotopic (exact) mass is 674 g/mol. The molecule has 4 heterocycles. The van der Waals surface area contributed by atoms with Crippen molar-refractivity contribution in [2.75, 3.05) is 37.6 Å². The van der Waals surface area contributed by atoms with Crippen LogP contribution in [0.3, 0.4) is 0 Å². The van der Waals surface area contributed by atoms with Crippen LogP contribution in [0, 0.1) is 5.92 Å². The van der Waals surface area contributed by atoms with Gasteiger partial charge in [-0.25, -0.2) is 4.79 Å². The van der Waals surface area contributed by atoms with Crippen LogP contribution < -0.4 is 14.4 Å². The lowest BCUT2D eigenvalue weighted by atomic mass is 9.94. The van der Waals surface area contributed by atoms with Crippen molar-refractivity contribution in [2.24, 2.45) is 13.0 Å². The minimum Gasteiger partial charge on any atom is -0.473 e. The number of hydrogen-bond acceptors (Lipinski definition) is 7. The molecule has 2 aliphatic heterocycles. The van der Waals surface area contributed by atoms with Gasteiger partial charge in [-0.1, -0.05) is 72.8 Å². The van der Waals surface area contributed by atoms with Crippen LogP contribution in [0.25, 0.3) is 22.2 Å². The number of piperidine rings is 1. The van der Waals surface area contributed by atoms with Crippen LogP contribution in [0.1, 0.15) is 37.8 Å². The van der Waals surface area contributed by atoms with E-state index in [0.29, 0.717) is 37.4 Å². The van der Waals surface area contributed by atoms with E-state index in [0.717, 1.165) is 72.3 Å². The third-order valence-electron chi connectivity index (χ3n) is 10.2. The first-order chi connectivity index (χ1) is 24.3. The molecule has 5 aromatic rings. The van der Waals surface area contributed by atoms with Gasteiger partial charge in [0.25, 0.3) is 0 Å². The highest BCUT2D eigenvalue weighted by molar-refractivity contribution is 6.01. The van der Waals surface area contributed by atoms with Gasteiger partial charge in [0.1, 0.15) is 18.9 Å². The predicted molar refractivity (Wildman–Crippen MR) is 196 cm³/mol. The number of pyridine rings is 1. The molecule has 2 atom stereocenters. The second-order valence-corrected chi connectivity index (χ2v) is 13.7. The van der Waals surface area contributed by atoms with Crippen molar-refractivity contribution >= 4 is 22.7 Å². The number of nitrogens with zero attached hydrogens (tertiary/aromatic N) is 6. The van der Waals surface area contributed by atoms with Crippen LogP contribution in [0.5, 0.6) is 11.8 Å². The molecular weight excluding hydrogens is 628 g/mol. The van der Waals surface area contributed by atoms with Crippen LogP contribution in [0.2, 0.25) is 0 Å². The zero-order valence-corrected chi connectivity index (χ0v) is 29.1. The molecule has 0 unspecified atom stereocenters. The van der Waals surface area contributed by atoms with Crippen molar-refractivity contribution in [3.8, 4) is 23.0 Å². The number of carbonyl (C=O) groups is 1. The fourth-order valence-corrected chi connectivity index (χ4v) is 7.43. The number of hydrogen-bond donors (Lipinski definition) is 1. The minimum absolute atomic E-state index is 0.0119. The molecule has 2 saturated heterocycles. The zero-order chi connectivity index (χ0) is 34.6. The third kappa shape index (κ3) is 7.26. The Morgan fingerprint density at radius 3 is 2.18 bits per heavy atom. The Bertz CT molecular complexity index is 1910. The number of piperazine rings is 1. The Kier molecular flexibility index (Phi) is 9.89. The van der Waals surface area contributed by atoms with E-state index in [-0.39, 0.29) is 12.1 Å². The molecule has 7 rings (SSSR count). The highest BCUT2D eigenvalue weighted by Gasteiger charge is 2.34. The van der Waals surface area contributed by atoms with Gasteiger partial charge in [0.2, 0.25) is 11.8 Å². The maximum atomic E-state index is 11.6. The van der Waals surface area contributed by atoms with E-state index >= 15 is 0 Å². The number of aromatic nitrogens is 3. The summed E-state index contributed by atoms with van der Waals surface area (Å²) in [6, 6.07) is 30.8. The lowest BCUT2D eigenvalue weighted by Gasteiger charge is -2.45. The van der Waals surface area contributed by atoms with Crippen LogP contribution in [-0.4, -0.2) is 80.6 Å². The van der Waals surface area contributed by atoms with E-state index in [1.54, 1.807) is 4.90 Å². The predicted octanol–water partition coefficient (Wildman–Crippen LogP) is 7.08. The smallest absolute Gasteiger partial charge is 0.407 e. The third-order valence-corrected chi connectivity index (χ3v) is 10.2. The minimum atomic E-state index is -0.818. The molecule has 0 radical (unpaired) electrons. The topological polar surface area (TPSA) is 96.2 Å². The standard InChI is InChI=1S/C40H46N6O4/c1-28-24-46(40(47)48)29(2)23-45(28)25-30-19-21-44(22-20-30)35-16-10-15-33-37(42-43(3)38(33)35)34-17-18-36(49-26-31-11-6-4-7-12-31)41-39(34)50-27-32-13-8-5-9-14-32/h4-18,28-30H,19-27H2,1-3H3,(H,47,48)/t28-,29+/m1/s1. The summed E-state index contributed by atoms with van der Waals surface area (Å²) in [5, 5.41) is 15.7. The first kappa shape index (κ1) is 33.4. The van der Waals surface area contributed by atoms with Gasteiger partial charge in [0.05, 0.1) is 16.8 Å². The number of fused-ring (bicyclic) bond motifs is 1. The van der Waals surface area contributed by atoms with E-state index in [4.69, 9.17) is 19.6 Å². The summed E-state index contributed by atoms with van der Waals surface area (Å²) >= 11 is 0. The number of rotatable bonds is 10. The van der Waals surface area contributed by atoms with Gasteiger partial charge in [-0.3, -0.25) is 9.58 Å². The fourth-order valence-electron chi connectivity index (χ4n) is 7.43. The second kappa shape index (κ2) is 14.8. The Morgan fingerprint density at radius 1 is 0.820 bits per heavy atom. The summed E-state index contributed by atoms with van der Waals surface area (Å²) in [7, 11) is 2.01. The average Bonchev–Trinajstić information content (AvgIpc) is 3.48. The largest absolute Gasteiger partial charge is 0.473 e. The van der Waals surface area contributed by atoms with Crippen molar-refractivity contribution in [3.05, 3.63) is 102 Å². The van der Waals surface area contributed by atoms with Gasteiger partial charge in [0, 0.05) is 63.3 Å². The van der Waals surface area contributed by atoms with E-state index < -0.39 is 6.09 Å². The molecule has 50 heavy (non-hydrogen) atoms. The number of aryl methyl sites for hydroxylation is 1. The molecule has 2 aliphatic rings. The molecule has 0 spiro atoms. The van der Waals surface area contributed by atoms with Crippen LogP contribution in [0.15, 0.2) is 91.0 Å². The SMILES string of the molecule is C[C@@H]1CN(C(=O)O)[C@@H](C)CN1CC1CCN(c2cccc3c(-c4ccc(OCc5ccccc5)nc4OCc4ccccc4)nn(C)c23)CC1. The summed E-state index contributed by atoms with van der Waals surface area (Å²) < 4.78 is 14.5. The Hall–Kier alpha value is -5.09. The van der Waals surface area contributed by atoms with Gasteiger partial charge in [-0.2, -0.15) is 10.1 Å². The van der Waals surface area contributed by atoms with Crippen LogP contribution in [0.4, 0.5) is 10.5 Å². The van der Waals surface area contributed by atoms with Gasteiger partial charge in [-0.15, -0.1) is 0 Å².